The smallest absolute Gasteiger partial charge is 0.263 e. The van der Waals surface area contributed by atoms with E-state index in [1.54, 1.807) is 6.20 Å². The Bertz CT molecular complexity index is 543. The molecule has 0 spiro atoms. The topological polar surface area (TPSA) is 56.1 Å². The van der Waals surface area contributed by atoms with Gasteiger partial charge in [-0.1, -0.05) is 37.3 Å². The number of nitriles is 1. The van der Waals surface area contributed by atoms with Crippen LogP contribution in [0.15, 0.2) is 42.1 Å². The van der Waals surface area contributed by atoms with E-state index in [1.165, 1.54) is 0 Å². The summed E-state index contributed by atoms with van der Waals surface area (Å²) in [7, 11) is 0. The van der Waals surface area contributed by atoms with Crippen molar-refractivity contribution in [3.63, 3.8) is 0 Å². The van der Waals surface area contributed by atoms with Crippen molar-refractivity contribution in [2.45, 2.75) is 52.7 Å². The van der Waals surface area contributed by atoms with Gasteiger partial charge in [0.15, 0.2) is 0 Å². The molecule has 0 heterocycles. The summed E-state index contributed by atoms with van der Waals surface area (Å²) in [4.78, 5) is 14.1. The quantitative estimate of drug-likeness (QED) is 0.621. The molecule has 0 saturated heterocycles. The van der Waals surface area contributed by atoms with Crippen molar-refractivity contribution in [1.29, 1.82) is 5.26 Å². The number of carbonyl (C=O) groups is 1. The molecule has 1 unspecified atom stereocenters. The minimum absolute atomic E-state index is 0.0610. The molecule has 0 fully saturated rings. The first-order valence-corrected chi connectivity index (χ1v) is 7.70. The predicted molar refractivity (Wildman–Crippen MR) is 88.7 cm³/mol. The first kappa shape index (κ1) is 17.8. The summed E-state index contributed by atoms with van der Waals surface area (Å²) >= 11 is 0. The minimum atomic E-state index is -0.310. The van der Waals surface area contributed by atoms with Crippen molar-refractivity contribution in [3.8, 4) is 6.07 Å². The molecular weight excluding hydrogens is 274 g/mol. The van der Waals surface area contributed by atoms with Crippen molar-refractivity contribution >= 4 is 5.91 Å². The van der Waals surface area contributed by atoms with E-state index >= 15 is 0 Å². The van der Waals surface area contributed by atoms with E-state index in [4.69, 9.17) is 0 Å². The fourth-order valence-electron chi connectivity index (χ4n) is 1.88. The van der Waals surface area contributed by atoms with E-state index in [9.17, 15) is 10.1 Å². The lowest BCUT2D eigenvalue weighted by atomic mass is 10.1. The number of nitrogens with zero attached hydrogens (tertiary/aromatic N) is 2. The van der Waals surface area contributed by atoms with Crippen LogP contribution < -0.4 is 5.32 Å². The van der Waals surface area contributed by atoms with Crippen LogP contribution in [0.2, 0.25) is 0 Å². The summed E-state index contributed by atoms with van der Waals surface area (Å²) in [5.41, 5.74) is 1.29. The molecule has 4 heteroatoms. The Labute approximate surface area is 133 Å². The zero-order chi connectivity index (χ0) is 16.5. The number of rotatable bonds is 7. The van der Waals surface area contributed by atoms with Gasteiger partial charge in [0.25, 0.3) is 5.91 Å². The lowest BCUT2D eigenvalue weighted by molar-refractivity contribution is -0.117. The van der Waals surface area contributed by atoms with Gasteiger partial charge in [-0.2, -0.15) is 5.26 Å². The average molecular weight is 299 g/mol. The van der Waals surface area contributed by atoms with Crippen LogP contribution in [0.4, 0.5) is 0 Å². The van der Waals surface area contributed by atoms with Gasteiger partial charge >= 0.3 is 0 Å². The van der Waals surface area contributed by atoms with Crippen molar-refractivity contribution in [1.82, 2.24) is 10.2 Å². The van der Waals surface area contributed by atoms with Gasteiger partial charge in [-0.15, -0.1) is 0 Å². The average Bonchev–Trinajstić information content (AvgIpc) is 2.51. The molecule has 0 aliphatic carbocycles. The Kier molecular flexibility index (Phi) is 7.18. The summed E-state index contributed by atoms with van der Waals surface area (Å²) in [5.74, 6) is -0.310. The van der Waals surface area contributed by atoms with Gasteiger partial charge in [-0.05, 0) is 32.8 Å². The van der Waals surface area contributed by atoms with Crippen molar-refractivity contribution in [3.05, 3.63) is 47.7 Å². The largest absolute Gasteiger partial charge is 0.369 e. The van der Waals surface area contributed by atoms with E-state index < -0.39 is 0 Å². The summed E-state index contributed by atoms with van der Waals surface area (Å²) < 4.78 is 0. The molecule has 1 rings (SSSR count). The van der Waals surface area contributed by atoms with E-state index in [2.05, 4.69) is 5.32 Å². The van der Waals surface area contributed by atoms with Crippen LogP contribution in [0.1, 0.15) is 39.7 Å². The third-order valence-electron chi connectivity index (χ3n) is 3.52. The Morgan fingerprint density at radius 1 is 1.32 bits per heavy atom. The third-order valence-corrected chi connectivity index (χ3v) is 3.52. The van der Waals surface area contributed by atoms with Crippen LogP contribution in [0.3, 0.4) is 0 Å². The molecule has 0 bridgehead atoms. The molecule has 22 heavy (non-hydrogen) atoms. The maximum absolute atomic E-state index is 12.1. The van der Waals surface area contributed by atoms with Crippen molar-refractivity contribution < 1.29 is 4.79 Å². The summed E-state index contributed by atoms with van der Waals surface area (Å²) in [5, 5.41) is 12.1. The van der Waals surface area contributed by atoms with Crippen LogP contribution in [0.5, 0.6) is 0 Å². The van der Waals surface area contributed by atoms with Crippen LogP contribution in [-0.4, -0.2) is 22.9 Å². The van der Waals surface area contributed by atoms with Crippen LogP contribution in [0, 0.1) is 11.3 Å². The third kappa shape index (κ3) is 5.61. The van der Waals surface area contributed by atoms with E-state index in [0.29, 0.717) is 6.54 Å². The molecule has 0 aromatic heterocycles. The highest BCUT2D eigenvalue weighted by Crippen LogP contribution is 2.11. The van der Waals surface area contributed by atoms with Crippen molar-refractivity contribution in [2.75, 3.05) is 0 Å². The molecule has 0 saturated carbocycles. The monoisotopic (exact) mass is 299 g/mol. The number of amides is 1. The fourth-order valence-corrected chi connectivity index (χ4v) is 1.88. The SMILES string of the molecule is CCC(C)NC(=O)/C(C#N)=C\N(Cc1ccccc1)C(C)C. The molecule has 0 radical (unpaired) electrons. The van der Waals surface area contributed by atoms with E-state index in [0.717, 1.165) is 12.0 Å². The standard InChI is InChI=1S/C18H25N3O/c1-5-15(4)20-18(22)17(11-19)13-21(14(2)3)12-16-9-7-6-8-10-16/h6-10,13-15H,5,12H2,1-4H3,(H,20,22)/b17-13-. The summed E-state index contributed by atoms with van der Waals surface area (Å²) in [6.07, 6.45) is 2.50. The molecule has 1 aromatic carbocycles. The number of carbonyl (C=O) groups excluding carboxylic acids is 1. The molecule has 0 aliphatic rings. The number of nitrogens with one attached hydrogen (secondary N) is 1. The van der Waals surface area contributed by atoms with Crippen LogP contribution in [0.25, 0.3) is 0 Å². The zero-order valence-corrected chi connectivity index (χ0v) is 13.8. The molecule has 1 atom stereocenters. The van der Waals surface area contributed by atoms with Gasteiger partial charge < -0.3 is 10.2 Å². The molecule has 1 N–H and O–H groups in total. The highest BCUT2D eigenvalue weighted by molar-refractivity contribution is 5.97. The highest BCUT2D eigenvalue weighted by Gasteiger charge is 2.14. The van der Waals surface area contributed by atoms with E-state index in [-0.39, 0.29) is 23.6 Å². The van der Waals surface area contributed by atoms with Gasteiger partial charge in [-0.3, -0.25) is 4.79 Å². The predicted octanol–water partition coefficient (Wildman–Crippen LogP) is 3.22. The minimum Gasteiger partial charge on any atom is -0.369 e. The lowest BCUT2D eigenvalue weighted by Gasteiger charge is -2.25. The molecular formula is C18H25N3O. The zero-order valence-electron chi connectivity index (χ0n) is 13.8. The fraction of sp³-hybridized carbons (Fsp3) is 0.444. The second-order valence-corrected chi connectivity index (χ2v) is 5.69. The molecule has 1 aromatic rings. The van der Waals surface area contributed by atoms with Gasteiger partial charge in [0.2, 0.25) is 0 Å². The van der Waals surface area contributed by atoms with E-state index in [1.807, 2.05) is 69.0 Å². The van der Waals surface area contributed by atoms with Crippen molar-refractivity contribution in [2.24, 2.45) is 0 Å². The van der Waals surface area contributed by atoms with Gasteiger partial charge in [0, 0.05) is 24.8 Å². The Morgan fingerprint density at radius 3 is 2.45 bits per heavy atom. The molecule has 1 amide bonds. The highest BCUT2D eigenvalue weighted by atomic mass is 16.1. The number of hydrogen-bond donors (Lipinski definition) is 1. The van der Waals surface area contributed by atoms with Gasteiger partial charge in [-0.25, -0.2) is 0 Å². The number of hydrogen-bond acceptors (Lipinski definition) is 3. The van der Waals surface area contributed by atoms with Crippen LogP contribution >= 0.6 is 0 Å². The number of benzene rings is 1. The second-order valence-electron chi connectivity index (χ2n) is 5.69. The normalized spacial score (nSPS) is 12.6. The van der Waals surface area contributed by atoms with Gasteiger partial charge in [0.05, 0.1) is 0 Å². The molecule has 118 valence electrons. The molecule has 4 nitrogen and oxygen atoms in total. The first-order chi connectivity index (χ1) is 10.5. The first-order valence-electron chi connectivity index (χ1n) is 7.70. The Hall–Kier alpha value is -2.28. The Morgan fingerprint density at radius 2 is 1.95 bits per heavy atom. The van der Waals surface area contributed by atoms with Gasteiger partial charge in [0.1, 0.15) is 11.6 Å². The molecule has 0 aliphatic heterocycles. The maximum atomic E-state index is 12.1. The lowest BCUT2D eigenvalue weighted by Crippen LogP contribution is -2.34. The summed E-state index contributed by atoms with van der Waals surface area (Å²) in [6, 6.07) is 12.3. The summed E-state index contributed by atoms with van der Waals surface area (Å²) in [6.45, 7) is 8.68. The van der Waals surface area contributed by atoms with Crippen LogP contribution in [-0.2, 0) is 11.3 Å². The second kappa shape index (κ2) is 8.89. The maximum Gasteiger partial charge on any atom is 0.263 e. The Balaban J connectivity index is 2.90.